The van der Waals surface area contributed by atoms with Gasteiger partial charge >= 0.3 is 5.97 Å². The molecule has 0 fully saturated rings. The van der Waals surface area contributed by atoms with Crippen molar-refractivity contribution in [1.29, 1.82) is 5.26 Å². The lowest BCUT2D eigenvalue weighted by atomic mass is 10.2. The Kier molecular flexibility index (Phi) is 3.78. The van der Waals surface area contributed by atoms with Gasteiger partial charge in [-0.3, -0.25) is 0 Å². The summed E-state index contributed by atoms with van der Waals surface area (Å²) in [5.74, 6) is -0.832. The van der Waals surface area contributed by atoms with Crippen molar-refractivity contribution in [2.24, 2.45) is 0 Å². The predicted octanol–water partition coefficient (Wildman–Crippen LogP) is 3.21. The average molecular weight is 319 g/mol. The lowest BCUT2D eigenvalue weighted by Gasteiger charge is -2.09. The second-order valence-electron chi connectivity index (χ2n) is 3.51. The van der Waals surface area contributed by atoms with Crippen LogP contribution in [0.4, 0.5) is 0 Å². The number of aromatic carboxylic acids is 1. The number of rotatable bonds is 3. The highest BCUT2D eigenvalue weighted by Crippen LogP contribution is 2.29. The van der Waals surface area contributed by atoms with E-state index in [2.05, 4.69) is 20.9 Å². The first-order chi connectivity index (χ1) is 9.11. The smallest absolute Gasteiger partial charge is 0.358 e. The molecule has 1 aromatic heterocycles. The highest BCUT2D eigenvalue weighted by atomic mass is 79.9. The van der Waals surface area contributed by atoms with E-state index in [0.717, 1.165) is 4.47 Å². The average Bonchev–Trinajstić information content (AvgIpc) is 2.39. The van der Waals surface area contributed by atoms with E-state index in [4.69, 9.17) is 15.1 Å². The third-order valence-corrected chi connectivity index (χ3v) is 2.75. The van der Waals surface area contributed by atoms with E-state index >= 15 is 0 Å². The Morgan fingerprint density at radius 2 is 2.16 bits per heavy atom. The SMILES string of the molecule is N#Cc1ccc(Br)cc1Oc1cccnc1C(=O)O. The molecular formula is C13H7BrN2O3. The molecule has 0 radical (unpaired) electrons. The molecular weight excluding hydrogens is 312 g/mol. The fourth-order valence-electron chi connectivity index (χ4n) is 1.42. The first-order valence-corrected chi connectivity index (χ1v) is 5.97. The van der Waals surface area contributed by atoms with Gasteiger partial charge in [0, 0.05) is 10.7 Å². The molecule has 19 heavy (non-hydrogen) atoms. The number of benzene rings is 1. The summed E-state index contributed by atoms with van der Waals surface area (Å²) in [4.78, 5) is 14.7. The number of hydrogen-bond donors (Lipinski definition) is 1. The summed E-state index contributed by atoms with van der Waals surface area (Å²) < 4.78 is 6.20. The minimum Gasteiger partial charge on any atom is -0.476 e. The Bertz CT molecular complexity index is 680. The van der Waals surface area contributed by atoms with Crippen molar-refractivity contribution in [2.75, 3.05) is 0 Å². The maximum absolute atomic E-state index is 11.0. The van der Waals surface area contributed by atoms with Crippen LogP contribution in [0.15, 0.2) is 41.0 Å². The van der Waals surface area contributed by atoms with Gasteiger partial charge in [0.2, 0.25) is 0 Å². The van der Waals surface area contributed by atoms with Crippen molar-refractivity contribution in [3.63, 3.8) is 0 Å². The van der Waals surface area contributed by atoms with Gasteiger partial charge in [-0.15, -0.1) is 0 Å². The quantitative estimate of drug-likeness (QED) is 0.939. The van der Waals surface area contributed by atoms with Crippen LogP contribution in [0.25, 0.3) is 0 Å². The first-order valence-electron chi connectivity index (χ1n) is 5.17. The zero-order valence-electron chi connectivity index (χ0n) is 9.50. The Labute approximate surface area is 117 Å². The van der Waals surface area contributed by atoms with E-state index in [0.29, 0.717) is 5.56 Å². The molecule has 0 unspecified atom stereocenters. The molecule has 0 atom stereocenters. The van der Waals surface area contributed by atoms with Gasteiger partial charge in [0.05, 0.1) is 5.56 Å². The van der Waals surface area contributed by atoms with Gasteiger partial charge in [-0.1, -0.05) is 15.9 Å². The minimum absolute atomic E-state index is 0.0876. The fourth-order valence-corrected chi connectivity index (χ4v) is 1.77. The van der Waals surface area contributed by atoms with Crippen molar-refractivity contribution in [3.05, 3.63) is 52.3 Å². The van der Waals surface area contributed by atoms with E-state index < -0.39 is 5.97 Å². The number of carbonyl (C=O) groups is 1. The maximum Gasteiger partial charge on any atom is 0.358 e. The van der Waals surface area contributed by atoms with Crippen LogP contribution < -0.4 is 4.74 Å². The number of nitrogens with zero attached hydrogens (tertiary/aromatic N) is 2. The van der Waals surface area contributed by atoms with Gasteiger partial charge in [-0.05, 0) is 30.3 Å². The van der Waals surface area contributed by atoms with E-state index in [-0.39, 0.29) is 17.2 Å². The highest BCUT2D eigenvalue weighted by molar-refractivity contribution is 9.10. The largest absolute Gasteiger partial charge is 0.476 e. The number of carboxylic acid groups (broad SMARTS) is 1. The third kappa shape index (κ3) is 2.89. The second-order valence-corrected chi connectivity index (χ2v) is 4.43. The van der Waals surface area contributed by atoms with Crippen LogP contribution in [0.1, 0.15) is 16.1 Å². The summed E-state index contributed by atoms with van der Waals surface area (Å²) in [6.07, 6.45) is 1.36. The standard InChI is InChI=1S/C13H7BrN2O3/c14-9-4-3-8(7-15)11(6-9)19-10-2-1-5-16-12(10)13(17)18/h1-6H,(H,17,18). The molecule has 2 aromatic rings. The van der Waals surface area contributed by atoms with Crippen molar-refractivity contribution in [1.82, 2.24) is 4.98 Å². The van der Waals surface area contributed by atoms with Gasteiger partial charge in [-0.2, -0.15) is 5.26 Å². The Morgan fingerprint density at radius 3 is 2.84 bits per heavy atom. The monoisotopic (exact) mass is 318 g/mol. The Balaban J connectivity index is 2.45. The topological polar surface area (TPSA) is 83.2 Å². The molecule has 0 saturated heterocycles. The van der Waals surface area contributed by atoms with Gasteiger partial charge < -0.3 is 9.84 Å². The van der Waals surface area contributed by atoms with Crippen molar-refractivity contribution < 1.29 is 14.6 Å². The molecule has 6 heteroatoms. The molecule has 1 aromatic carbocycles. The van der Waals surface area contributed by atoms with Crippen LogP contribution in [0.2, 0.25) is 0 Å². The Hall–Kier alpha value is -2.39. The summed E-state index contributed by atoms with van der Waals surface area (Å²) in [6.45, 7) is 0. The molecule has 0 aliphatic heterocycles. The molecule has 0 aliphatic rings. The zero-order chi connectivity index (χ0) is 13.8. The number of nitriles is 1. The van der Waals surface area contributed by atoms with Crippen LogP contribution >= 0.6 is 15.9 Å². The number of aromatic nitrogens is 1. The van der Waals surface area contributed by atoms with Crippen molar-refractivity contribution in [2.45, 2.75) is 0 Å². The van der Waals surface area contributed by atoms with E-state index in [1.807, 2.05) is 6.07 Å². The summed E-state index contributed by atoms with van der Waals surface area (Å²) in [5, 5.41) is 18.0. The normalized spacial score (nSPS) is 9.68. The molecule has 94 valence electrons. The molecule has 0 aliphatic carbocycles. The molecule has 0 amide bonds. The molecule has 0 saturated carbocycles. The van der Waals surface area contributed by atoms with Crippen LogP contribution in [0.5, 0.6) is 11.5 Å². The van der Waals surface area contributed by atoms with Gasteiger partial charge in [0.25, 0.3) is 0 Å². The summed E-state index contributed by atoms with van der Waals surface area (Å²) in [7, 11) is 0. The van der Waals surface area contributed by atoms with Crippen LogP contribution in [0, 0.1) is 11.3 Å². The second kappa shape index (κ2) is 5.50. The van der Waals surface area contributed by atoms with E-state index in [1.165, 1.54) is 12.3 Å². The van der Waals surface area contributed by atoms with Crippen molar-refractivity contribution in [3.8, 4) is 17.6 Å². The number of pyridine rings is 1. The zero-order valence-corrected chi connectivity index (χ0v) is 11.1. The maximum atomic E-state index is 11.0. The first kappa shape index (κ1) is 13.1. The lowest BCUT2D eigenvalue weighted by Crippen LogP contribution is -2.03. The summed E-state index contributed by atoms with van der Waals surface area (Å²) in [5.41, 5.74) is 0.106. The van der Waals surface area contributed by atoms with E-state index in [1.54, 1.807) is 24.3 Å². The molecule has 2 rings (SSSR count). The molecule has 0 bridgehead atoms. The minimum atomic E-state index is -1.19. The number of halogens is 1. The number of ether oxygens (including phenoxy) is 1. The van der Waals surface area contributed by atoms with Crippen LogP contribution in [-0.2, 0) is 0 Å². The van der Waals surface area contributed by atoms with Gasteiger partial charge in [0.15, 0.2) is 11.4 Å². The van der Waals surface area contributed by atoms with E-state index in [9.17, 15) is 4.79 Å². The van der Waals surface area contributed by atoms with Gasteiger partial charge in [0.1, 0.15) is 11.8 Å². The lowest BCUT2D eigenvalue weighted by molar-refractivity contribution is 0.0687. The Morgan fingerprint density at radius 1 is 1.37 bits per heavy atom. The molecule has 0 spiro atoms. The number of carboxylic acids is 1. The highest BCUT2D eigenvalue weighted by Gasteiger charge is 2.14. The van der Waals surface area contributed by atoms with Crippen LogP contribution in [0.3, 0.4) is 0 Å². The van der Waals surface area contributed by atoms with Gasteiger partial charge in [-0.25, -0.2) is 9.78 Å². The molecule has 5 nitrogen and oxygen atoms in total. The van der Waals surface area contributed by atoms with Crippen molar-refractivity contribution >= 4 is 21.9 Å². The van der Waals surface area contributed by atoms with Crippen LogP contribution in [-0.4, -0.2) is 16.1 Å². The summed E-state index contributed by atoms with van der Waals surface area (Å²) in [6, 6.07) is 9.90. The summed E-state index contributed by atoms with van der Waals surface area (Å²) >= 11 is 3.26. The number of hydrogen-bond acceptors (Lipinski definition) is 4. The molecule has 1 heterocycles. The predicted molar refractivity (Wildman–Crippen MR) is 70.1 cm³/mol. The fraction of sp³-hybridized carbons (Fsp3) is 0. The molecule has 1 N–H and O–H groups in total. The third-order valence-electron chi connectivity index (χ3n) is 2.26.